The van der Waals surface area contributed by atoms with E-state index in [1.54, 1.807) is 0 Å². The molecular formula is C31H44N2O. The predicted octanol–water partition coefficient (Wildman–Crippen LogP) is 6.78. The van der Waals surface area contributed by atoms with Gasteiger partial charge in [-0.15, -0.1) is 0 Å². The molecule has 2 aromatic rings. The van der Waals surface area contributed by atoms with Crippen molar-refractivity contribution in [1.82, 2.24) is 5.32 Å². The summed E-state index contributed by atoms with van der Waals surface area (Å²) in [6.45, 7) is 7.39. The van der Waals surface area contributed by atoms with Crippen LogP contribution in [-0.2, 0) is 11.2 Å². The Bertz CT molecular complexity index is 894. The molecule has 3 N–H and O–H groups in total. The van der Waals surface area contributed by atoms with Crippen molar-refractivity contribution in [3.8, 4) is 0 Å². The van der Waals surface area contributed by atoms with E-state index in [4.69, 9.17) is 5.73 Å². The van der Waals surface area contributed by atoms with Crippen LogP contribution in [-0.4, -0.2) is 18.5 Å². The summed E-state index contributed by atoms with van der Waals surface area (Å²) < 4.78 is 0. The lowest BCUT2D eigenvalue weighted by atomic mass is 9.73. The molecule has 184 valence electrons. The molecule has 0 spiro atoms. The number of hydrogen-bond donors (Lipinski definition) is 2. The molecule has 0 heterocycles. The number of nitrogens with one attached hydrogen (secondary N) is 1. The summed E-state index contributed by atoms with van der Waals surface area (Å²) in [6.07, 6.45) is 10.2. The molecule has 1 amide bonds. The molecule has 0 radical (unpaired) electrons. The second-order valence-electron chi connectivity index (χ2n) is 10.3. The lowest BCUT2D eigenvalue weighted by molar-refractivity contribution is -0.132. The van der Waals surface area contributed by atoms with Crippen molar-refractivity contribution >= 4 is 11.5 Å². The average Bonchev–Trinajstić information content (AvgIpc) is 2.88. The molecule has 0 saturated heterocycles. The first-order valence-corrected chi connectivity index (χ1v) is 13.3. The molecule has 1 atom stereocenters. The van der Waals surface area contributed by atoms with Crippen molar-refractivity contribution in [3.63, 3.8) is 0 Å². The van der Waals surface area contributed by atoms with Crippen LogP contribution in [0.1, 0.15) is 76.8 Å². The second kappa shape index (κ2) is 12.9. The SMILES string of the molecule is CCC(CC)(C/C(=C/C(C)Cc1ccccc1)c1ccccc1)C(=O)NC1CCC(CN)CC1. The Hall–Kier alpha value is -2.39. The number of rotatable bonds is 11. The van der Waals surface area contributed by atoms with Gasteiger partial charge in [0.1, 0.15) is 0 Å². The van der Waals surface area contributed by atoms with Gasteiger partial charge in [-0.1, -0.05) is 87.5 Å². The fraction of sp³-hybridized carbons (Fsp3) is 0.516. The van der Waals surface area contributed by atoms with E-state index in [2.05, 4.69) is 92.8 Å². The van der Waals surface area contributed by atoms with E-state index in [0.717, 1.165) is 57.9 Å². The molecule has 1 unspecified atom stereocenters. The van der Waals surface area contributed by atoms with E-state index in [1.165, 1.54) is 16.7 Å². The lowest BCUT2D eigenvalue weighted by Crippen LogP contribution is -2.46. The summed E-state index contributed by atoms with van der Waals surface area (Å²) in [7, 11) is 0. The van der Waals surface area contributed by atoms with Gasteiger partial charge in [-0.05, 0) is 86.4 Å². The molecule has 34 heavy (non-hydrogen) atoms. The largest absolute Gasteiger partial charge is 0.353 e. The Kier molecular flexibility index (Phi) is 9.95. The van der Waals surface area contributed by atoms with Gasteiger partial charge >= 0.3 is 0 Å². The molecule has 0 aromatic heterocycles. The first-order valence-electron chi connectivity index (χ1n) is 13.3. The molecule has 1 saturated carbocycles. The molecule has 1 aliphatic carbocycles. The Balaban J connectivity index is 1.80. The van der Waals surface area contributed by atoms with E-state index < -0.39 is 5.41 Å². The van der Waals surface area contributed by atoms with Crippen molar-refractivity contribution in [2.24, 2.45) is 23.0 Å². The minimum Gasteiger partial charge on any atom is -0.353 e. The highest BCUT2D eigenvalue weighted by atomic mass is 16.2. The van der Waals surface area contributed by atoms with Crippen molar-refractivity contribution in [2.45, 2.75) is 78.2 Å². The van der Waals surface area contributed by atoms with Gasteiger partial charge in [0.2, 0.25) is 5.91 Å². The molecule has 1 aliphatic rings. The zero-order valence-electron chi connectivity index (χ0n) is 21.4. The third kappa shape index (κ3) is 7.06. The van der Waals surface area contributed by atoms with Crippen LogP contribution in [0.2, 0.25) is 0 Å². The Morgan fingerprint density at radius 3 is 2.15 bits per heavy atom. The maximum absolute atomic E-state index is 13.7. The van der Waals surface area contributed by atoms with Gasteiger partial charge in [0.25, 0.3) is 0 Å². The fourth-order valence-electron chi connectivity index (χ4n) is 5.44. The van der Waals surface area contributed by atoms with E-state index in [9.17, 15) is 4.79 Å². The van der Waals surface area contributed by atoms with E-state index in [0.29, 0.717) is 11.8 Å². The minimum absolute atomic E-state index is 0.228. The van der Waals surface area contributed by atoms with Crippen LogP contribution in [0.4, 0.5) is 0 Å². The zero-order valence-corrected chi connectivity index (χ0v) is 21.4. The minimum atomic E-state index is -0.390. The van der Waals surface area contributed by atoms with E-state index in [1.807, 2.05) is 0 Å². The third-order valence-corrected chi connectivity index (χ3v) is 7.91. The van der Waals surface area contributed by atoms with Crippen LogP contribution in [0.5, 0.6) is 0 Å². The van der Waals surface area contributed by atoms with Crippen LogP contribution in [0.15, 0.2) is 66.7 Å². The molecule has 2 aromatic carbocycles. The number of amides is 1. The first-order chi connectivity index (χ1) is 16.5. The Morgan fingerprint density at radius 1 is 1.00 bits per heavy atom. The van der Waals surface area contributed by atoms with Gasteiger partial charge in [0, 0.05) is 6.04 Å². The van der Waals surface area contributed by atoms with E-state index in [-0.39, 0.29) is 11.9 Å². The summed E-state index contributed by atoms with van der Waals surface area (Å²) in [4.78, 5) is 13.7. The number of benzene rings is 2. The number of carbonyl (C=O) groups excluding carboxylic acids is 1. The van der Waals surface area contributed by atoms with Gasteiger partial charge in [-0.2, -0.15) is 0 Å². The molecule has 3 nitrogen and oxygen atoms in total. The van der Waals surface area contributed by atoms with Crippen molar-refractivity contribution in [2.75, 3.05) is 6.54 Å². The monoisotopic (exact) mass is 460 g/mol. The quantitative estimate of drug-likeness (QED) is 0.388. The molecule has 3 heteroatoms. The van der Waals surface area contributed by atoms with Gasteiger partial charge in [-0.25, -0.2) is 0 Å². The number of hydrogen-bond acceptors (Lipinski definition) is 2. The zero-order chi connectivity index (χ0) is 24.4. The molecular weight excluding hydrogens is 416 g/mol. The van der Waals surface area contributed by atoms with Crippen LogP contribution in [0.3, 0.4) is 0 Å². The highest BCUT2D eigenvalue weighted by Gasteiger charge is 2.37. The van der Waals surface area contributed by atoms with Gasteiger partial charge in [0.15, 0.2) is 0 Å². The predicted molar refractivity (Wildman–Crippen MR) is 144 cm³/mol. The summed E-state index contributed by atoms with van der Waals surface area (Å²) >= 11 is 0. The second-order valence-corrected chi connectivity index (χ2v) is 10.3. The van der Waals surface area contributed by atoms with Crippen LogP contribution in [0, 0.1) is 17.3 Å². The van der Waals surface area contributed by atoms with Gasteiger partial charge in [0.05, 0.1) is 5.41 Å². The number of carbonyl (C=O) groups is 1. The van der Waals surface area contributed by atoms with E-state index >= 15 is 0 Å². The molecule has 1 fully saturated rings. The highest BCUT2D eigenvalue weighted by Crippen LogP contribution is 2.39. The van der Waals surface area contributed by atoms with Gasteiger partial charge in [-0.3, -0.25) is 4.79 Å². The van der Waals surface area contributed by atoms with Crippen molar-refractivity contribution < 1.29 is 4.79 Å². The van der Waals surface area contributed by atoms with Crippen molar-refractivity contribution in [3.05, 3.63) is 77.9 Å². The van der Waals surface area contributed by atoms with Crippen LogP contribution in [0.25, 0.3) is 5.57 Å². The fourth-order valence-corrected chi connectivity index (χ4v) is 5.44. The Morgan fingerprint density at radius 2 is 1.59 bits per heavy atom. The summed E-state index contributed by atoms with van der Waals surface area (Å²) in [5.41, 5.74) is 9.34. The van der Waals surface area contributed by atoms with Crippen molar-refractivity contribution in [1.29, 1.82) is 0 Å². The third-order valence-electron chi connectivity index (χ3n) is 7.91. The van der Waals surface area contributed by atoms with Crippen LogP contribution >= 0.6 is 0 Å². The molecule has 3 rings (SSSR count). The molecule has 0 bridgehead atoms. The summed E-state index contributed by atoms with van der Waals surface area (Å²) in [5, 5.41) is 3.45. The number of nitrogens with two attached hydrogens (primary N) is 1. The highest BCUT2D eigenvalue weighted by molar-refractivity contribution is 5.85. The maximum Gasteiger partial charge on any atom is 0.226 e. The topological polar surface area (TPSA) is 55.1 Å². The lowest BCUT2D eigenvalue weighted by Gasteiger charge is -2.35. The normalized spacial score (nSPS) is 20.1. The average molecular weight is 461 g/mol. The Labute approximate surface area is 207 Å². The maximum atomic E-state index is 13.7. The standard InChI is InChI=1S/C31H44N2O/c1-4-31(5-2,30(34)33-29-18-16-26(23-32)17-19-29)22-28(27-14-10-7-11-15-27)21-24(3)20-25-12-8-6-9-13-25/h6-15,21,24,26,29H,4-5,16-20,22-23,32H2,1-3H3,(H,33,34)/b28-21-. The summed E-state index contributed by atoms with van der Waals surface area (Å²) in [5.74, 6) is 1.24. The summed E-state index contributed by atoms with van der Waals surface area (Å²) in [6, 6.07) is 21.6. The molecule has 0 aliphatic heterocycles. The number of allylic oxidation sites excluding steroid dienone is 2. The smallest absolute Gasteiger partial charge is 0.226 e. The van der Waals surface area contributed by atoms with Gasteiger partial charge < -0.3 is 11.1 Å². The first kappa shape index (κ1) is 26.2. The van der Waals surface area contributed by atoms with Crippen LogP contribution < -0.4 is 11.1 Å².